The Morgan fingerprint density at radius 1 is 1.33 bits per heavy atom. The van der Waals surface area contributed by atoms with E-state index in [1.807, 2.05) is 40.0 Å². The van der Waals surface area contributed by atoms with Crippen LogP contribution in [-0.2, 0) is 0 Å². The minimum atomic E-state index is 0.735. The summed E-state index contributed by atoms with van der Waals surface area (Å²) in [6.07, 6.45) is 5.38. The van der Waals surface area contributed by atoms with Crippen LogP contribution in [-0.4, -0.2) is 9.55 Å². The molecule has 0 fully saturated rings. The lowest BCUT2D eigenvalue weighted by molar-refractivity contribution is 1.09. The summed E-state index contributed by atoms with van der Waals surface area (Å²) in [6, 6.07) is 7.67. The fourth-order valence-electron chi connectivity index (χ4n) is 1.29. The van der Waals surface area contributed by atoms with Crippen molar-refractivity contribution in [2.24, 2.45) is 0 Å². The van der Waals surface area contributed by atoms with Crippen molar-refractivity contribution in [1.82, 2.24) is 9.55 Å². The Morgan fingerprint density at radius 3 is 2.60 bits per heavy atom. The Hall–Kier alpha value is -1.06. The Balaban J connectivity index is 2.41. The zero-order chi connectivity index (χ0) is 10.7. The van der Waals surface area contributed by atoms with E-state index in [9.17, 15) is 0 Å². The standard InChI is InChI=1S/C11H8BrClN2/c12-7-11(15-6-5-14-8-15)9-1-3-10(13)4-2-9/h1-8H/b11-7-. The smallest absolute Gasteiger partial charge is 0.0992 e. The van der Waals surface area contributed by atoms with Crippen molar-refractivity contribution in [2.45, 2.75) is 0 Å². The maximum Gasteiger partial charge on any atom is 0.0992 e. The molecular weight excluding hydrogens is 275 g/mol. The van der Waals surface area contributed by atoms with Gasteiger partial charge in [-0.1, -0.05) is 39.7 Å². The van der Waals surface area contributed by atoms with Crippen LogP contribution in [0, 0.1) is 0 Å². The molecule has 0 amide bonds. The largest absolute Gasteiger partial charge is 0.305 e. The van der Waals surface area contributed by atoms with Crippen molar-refractivity contribution in [2.75, 3.05) is 0 Å². The van der Waals surface area contributed by atoms with Crippen LogP contribution in [0.4, 0.5) is 0 Å². The number of halogens is 2. The second kappa shape index (κ2) is 4.64. The zero-order valence-electron chi connectivity index (χ0n) is 7.77. The van der Waals surface area contributed by atoms with E-state index in [4.69, 9.17) is 11.6 Å². The monoisotopic (exact) mass is 282 g/mol. The molecular formula is C11H8BrClN2. The van der Waals surface area contributed by atoms with Gasteiger partial charge in [0.05, 0.1) is 12.0 Å². The number of imidazole rings is 1. The van der Waals surface area contributed by atoms with E-state index >= 15 is 0 Å². The molecule has 0 saturated carbocycles. The van der Waals surface area contributed by atoms with Crippen LogP contribution in [0.15, 0.2) is 48.0 Å². The third-order valence-corrected chi connectivity index (χ3v) is 2.71. The van der Waals surface area contributed by atoms with Crippen LogP contribution in [0.2, 0.25) is 5.02 Å². The molecule has 2 aromatic rings. The predicted molar refractivity (Wildman–Crippen MR) is 66.0 cm³/mol. The molecule has 76 valence electrons. The van der Waals surface area contributed by atoms with Crippen molar-refractivity contribution in [3.8, 4) is 0 Å². The summed E-state index contributed by atoms with van der Waals surface area (Å²) in [7, 11) is 0. The van der Waals surface area contributed by atoms with Crippen LogP contribution in [0.1, 0.15) is 5.56 Å². The lowest BCUT2D eigenvalue weighted by atomic mass is 10.2. The summed E-state index contributed by atoms with van der Waals surface area (Å²) in [5.74, 6) is 0. The molecule has 0 aliphatic carbocycles. The van der Waals surface area contributed by atoms with Crippen molar-refractivity contribution < 1.29 is 0 Å². The first-order valence-electron chi connectivity index (χ1n) is 4.36. The highest BCUT2D eigenvalue weighted by atomic mass is 79.9. The zero-order valence-corrected chi connectivity index (χ0v) is 10.1. The van der Waals surface area contributed by atoms with E-state index in [-0.39, 0.29) is 0 Å². The number of rotatable bonds is 2. The number of hydrogen-bond donors (Lipinski definition) is 0. The van der Waals surface area contributed by atoms with E-state index in [1.165, 1.54) is 0 Å². The van der Waals surface area contributed by atoms with Gasteiger partial charge in [0.25, 0.3) is 0 Å². The third-order valence-electron chi connectivity index (χ3n) is 2.03. The van der Waals surface area contributed by atoms with E-state index < -0.39 is 0 Å². The van der Waals surface area contributed by atoms with Crippen LogP contribution < -0.4 is 0 Å². The molecule has 1 aromatic carbocycles. The summed E-state index contributed by atoms with van der Waals surface area (Å²) < 4.78 is 1.93. The molecule has 4 heteroatoms. The molecule has 0 saturated heterocycles. The number of nitrogens with zero attached hydrogens (tertiary/aromatic N) is 2. The van der Waals surface area contributed by atoms with Gasteiger partial charge < -0.3 is 4.57 Å². The lowest BCUT2D eigenvalue weighted by Crippen LogP contribution is -1.94. The normalized spacial score (nSPS) is 11.7. The van der Waals surface area contributed by atoms with Gasteiger partial charge in [-0.05, 0) is 17.7 Å². The minimum absolute atomic E-state index is 0.735. The highest BCUT2D eigenvalue weighted by Gasteiger charge is 2.02. The van der Waals surface area contributed by atoms with Gasteiger partial charge in [-0.3, -0.25) is 0 Å². The molecule has 1 aromatic heterocycles. The Labute approximate surface area is 101 Å². The molecule has 15 heavy (non-hydrogen) atoms. The summed E-state index contributed by atoms with van der Waals surface area (Å²) in [5, 5.41) is 0.735. The first-order chi connectivity index (χ1) is 7.31. The second-order valence-corrected chi connectivity index (χ2v) is 3.87. The van der Waals surface area contributed by atoms with E-state index in [1.54, 1.807) is 12.5 Å². The Kier molecular flexibility index (Phi) is 3.23. The fourth-order valence-corrected chi connectivity index (χ4v) is 1.92. The molecule has 0 spiro atoms. The summed E-state index contributed by atoms with van der Waals surface area (Å²) >= 11 is 9.18. The topological polar surface area (TPSA) is 17.8 Å². The Morgan fingerprint density at radius 2 is 2.07 bits per heavy atom. The molecule has 1 heterocycles. The molecule has 0 unspecified atom stereocenters. The van der Waals surface area contributed by atoms with Crippen molar-refractivity contribution >= 4 is 33.2 Å². The van der Waals surface area contributed by atoms with Gasteiger partial charge >= 0.3 is 0 Å². The van der Waals surface area contributed by atoms with Crippen molar-refractivity contribution in [3.63, 3.8) is 0 Å². The molecule has 2 nitrogen and oxygen atoms in total. The van der Waals surface area contributed by atoms with Crippen LogP contribution in [0.25, 0.3) is 5.70 Å². The van der Waals surface area contributed by atoms with Crippen LogP contribution >= 0.6 is 27.5 Å². The van der Waals surface area contributed by atoms with Gasteiger partial charge in [-0.2, -0.15) is 0 Å². The maximum atomic E-state index is 5.83. The van der Waals surface area contributed by atoms with Crippen LogP contribution in [0.5, 0.6) is 0 Å². The highest BCUT2D eigenvalue weighted by Crippen LogP contribution is 2.20. The quantitative estimate of drug-likeness (QED) is 0.820. The molecule has 0 atom stereocenters. The predicted octanol–water partition coefficient (Wildman–Crippen LogP) is 3.78. The van der Waals surface area contributed by atoms with E-state index in [0.717, 1.165) is 16.3 Å². The average molecular weight is 284 g/mol. The summed E-state index contributed by atoms with van der Waals surface area (Å²) in [6.45, 7) is 0. The van der Waals surface area contributed by atoms with Gasteiger partial charge in [0, 0.05) is 22.4 Å². The minimum Gasteiger partial charge on any atom is -0.305 e. The fraction of sp³-hybridized carbons (Fsp3) is 0. The van der Waals surface area contributed by atoms with E-state index in [0.29, 0.717) is 0 Å². The molecule has 0 bridgehead atoms. The maximum absolute atomic E-state index is 5.83. The molecule has 0 aliphatic rings. The summed E-state index contributed by atoms with van der Waals surface area (Å²) in [4.78, 5) is 5.87. The van der Waals surface area contributed by atoms with Crippen LogP contribution in [0.3, 0.4) is 0 Å². The first kappa shape index (κ1) is 10.5. The number of aromatic nitrogens is 2. The molecule has 0 aliphatic heterocycles. The third kappa shape index (κ3) is 2.30. The van der Waals surface area contributed by atoms with E-state index in [2.05, 4.69) is 20.9 Å². The van der Waals surface area contributed by atoms with Crippen molar-refractivity contribution in [1.29, 1.82) is 0 Å². The highest BCUT2D eigenvalue weighted by molar-refractivity contribution is 9.11. The SMILES string of the molecule is Clc1ccc(/C(=C/Br)n2ccnc2)cc1. The van der Waals surface area contributed by atoms with Gasteiger partial charge in [-0.25, -0.2) is 4.98 Å². The average Bonchev–Trinajstić information content (AvgIpc) is 2.75. The van der Waals surface area contributed by atoms with Crippen molar-refractivity contribution in [3.05, 3.63) is 58.6 Å². The summed E-state index contributed by atoms with van der Waals surface area (Å²) in [5.41, 5.74) is 2.10. The number of benzene rings is 1. The van der Waals surface area contributed by atoms with Gasteiger partial charge in [-0.15, -0.1) is 0 Å². The van der Waals surface area contributed by atoms with Gasteiger partial charge in [0.1, 0.15) is 0 Å². The second-order valence-electron chi connectivity index (χ2n) is 2.97. The molecule has 0 N–H and O–H groups in total. The molecule has 0 radical (unpaired) electrons. The number of hydrogen-bond acceptors (Lipinski definition) is 1. The van der Waals surface area contributed by atoms with Gasteiger partial charge in [0.2, 0.25) is 0 Å². The lowest BCUT2D eigenvalue weighted by Gasteiger charge is -2.07. The first-order valence-corrected chi connectivity index (χ1v) is 5.65. The Bertz CT molecular complexity index is 460. The molecule has 2 rings (SSSR count). The van der Waals surface area contributed by atoms with Gasteiger partial charge in [0.15, 0.2) is 0 Å².